The van der Waals surface area contributed by atoms with E-state index in [1.54, 1.807) is 37.6 Å². The number of pyridine rings is 1. The summed E-state index contributed by atoms with van der Waals surface area (Å²) in [5, 5.41) is 10.1. The van der Waals surface area contributed by atoms with Crippen molar-refractivity contribution in [2.24, 2.45) is 0 Å². The van der Waals surface area contributed by atoms with Crippen LogP contribution in [0.4, 0.5) is 4.39 Å². The Morgan fingerprint density at radius 2 is 1.79 bits per heavy atom. The number of fused-ring (bicyclic) bond motifs is 1. The van der Waals surface area contributed by atoms with Crippen molar-refractivity contribution in [2.75, 3.05) is 7.11 Å². The molecule has 3 aromatic carbocycles. The maximum absolute atomic E-state index is 14.5. The molecule has 0 spiro atoms. The second kappa shape index (κ2) is 7.30. The summed E-state index contributed by atoms with van der Waals surface area (Å²) >= 11 is 5.88. The van der Waals surface area contributed by atoms with E-state index in [4.69, 9.17) is 21.6 Å². The molecule has 0 atom stereocenters. The smallest absolute Gasteiger partial charge is 0.137 e. The van der Waals surface area contributed by atoms with E-state index in [0.717, 1.165) is 22.0 Å². The van der Waals surface area contributed by atoms with E-state index in [1.807, 2.05) is 30.3 Å². The number of benzene rings is 3. The summed E-state index contributed by atoms with van der Waals surface area (Å²) in [4.78, 5) is 4.60. The van der Waals surface area contributed by atoms with Gasteiger partial charge < -0.3 is 4.74 Å². The Morgan fingerprint density at radius 3 is 2.46 bits per heavy atom. The summed E-state index contributed by atoms with van der Waals surface area (Å²) < 4.78 is 20.1. The van der Waals surface area contributed by atoms with Crippen LogP contribution in [0, 0.1) is 17.1 Å². The van der Waals surface area contributed by atoms with Gasteiger partial charge in [-0.1, -0.05) is 35.9 Å². The summed E-state index contributed by atoms with van der Waals surface area (Å²) in [6, 6.07) is 19.7. The molecule has 4 aromatic rings. The van der Waals surface area contributed by atoms with Gasteiger partial charge in [-0.15, -0.1) is 0 Å². The Kier molecular flexibility index (Phi) is 4.68. The van der Waals surface area contributed by atoms with E-state index >= 15 is 0 Å². The van der Waals surface area contributed by atoms with Crippen LogP contribution >= 0.6 is 11.6 Å². The quantitative estimate of drug-likeness (QED) is 0.417. The third-order valence-corrected chi connectivity index (χ3v) is 4.83. The van der Waals surface area contributed by atoms with Crippen molar-refractivity contribution in [1.82, 2.24) is 4.98 Å². The fourth-order valence-electron chi connectivity index (χ4n) is 3.28. The summed E-state index contributed by atoms with van der Waals surface area (Å²) in [6.07, 6.45) is 1.61. The van der Waals surface area contributed by atoms with E-state index in [9.17, 15) is 4.39 Å². The molecule has 0 aliphatic carbocycles. The molecule has 0 saturated carbocycles. The molecule has 0 N–H and O–H groups in total. The second-order valence-corrected chi connectivity index (χ2v) is 6.66. The Hall–Kier alpha value is -3.42. The summed E-state index contributed by atoms with van der Waals surface area (Å²) in [6.45, 7) is 0. The third kappa shape index (κ3) is 3.06. The predicted molar refractivity (Wildman–Crippen MR) is 109 cm³/mol. The third-order valence-electron chi connectivity index (χ3n) is 4.60. The lowest BCUT2D eigenvalue weighted by Crippen LogP contribution is -1.95. The fraction of sp³-hybridized carbons (Fsp3) is 0.0435. The van der Waals surface area contributed by atoms with Crippen LogP contribution < -0.4 is 4.74 Å². The minimum Gasteiger partial charge on any atom is -0.495 e. The Balaban J connectivity index is 1.94. The van der Waals surface area contributed by atoms with Gasteiger partial charge in [0.05, 0.1) is 24.3 Å². The van der Waals surface area contributed by atoms with Gasteiger partial charge in [-0.05, 0) is 42.0 Å². The van der Waals surface area contributed by atoms with Gasteiger partial charge in [-0.3, -0.25) is 4.98 Å². The summed E-state index contributed by atoms with van der Waals surface area (Å²) in [5.74, 6) is 0.108. The van der Waals surface area contributed by atoms with Gasteiger partial charge in [0.2, 0.25) is 0 Å². The zero-order valence-corrected chi connectivity index (χ0v) is 15.7. The number of hydrogen-bond acceptors (Lipinski definition) is 3. The molecule has 3 nitrogen and oxygen atoms in total. The number of ether oxygens (including phenoxy) is 1. The number of aromatic nitrogens is 1. The SMILES string of the molecule is COc1c(-c2ccc(Cl)cc2F)cnc2c(-c3ccc(C#N)cc3)cccc12. The normalized spacial score (nSPS) is 10.6. The first-order valence-corrected chi connectivity index (χ1v) is 8.92. The average Bonchev–Trinajstić information content (AvgIpc) is 2.72. The zero-order chi connectivity index (χ0) is 19.7. The molecule has 0 bridgehead atoms. The predicted octanol–water partition coefficient (Wildman–Crippen LogP) is 6.24. The fourth-order valence-corrected chi connectivity index (χ4v) is 3.43. The van der Waals surface area contributed by atoms with Crippen LogP contribution in [0.3, 0.4) is 0 Å². The molecule has 0 aliphatic rings. The molecule has 0 radical (unpaired) electrons. The minimum absolute atomic E-state index is 0.331. The maximum Gasteiger partial charge on any atom is 0.137 e. The van der Waals surface area contributed by atoms with Crippen molar-refractivity contribution in [3.8, 4) is 34.1 Å². The van der Waals surface area contributed by atoms with E-state index < -0.39 is 5.82 Å². The number of nitriles is 1. The number of methoxy groups -OCH3 is 1. The standard InChI is InChI=1S/C23H14ClFN2O/c1-28-23-19-4-2-3-17(15-7-5-14(12-26)6-8-15)22(19)27-13-20(23)18-10-9-16(24)11-21(18)25/h2-11,13H,1H3. The lowest BCUT2D eigenvalue weighted by Gasteiger charge is -2.14. The van der Waals surface area contributed by atoms with Gasteiger partial charge in [-0.2, -0.15) is 5.26 Å². The van der Waals surface area contributed by atoms with Crippen LogP contribution in [0.5, 0.6) is 5.75 Å². The van der Waals surface area contributed by atoms with Gasteiger partial charge >= 0.3 is 0 Å². The molecule has 0 unspecified atom stereocenters. The highest BCUT2D eigenvalue weighted by Crippen LogP contribution is 2.40. The number of nitrogens with zero attached hydrogens (tertiary/aromatic N) is 2. The molecule has 5 heteroatoms. The van der Waals surface area contributed by atoms with Crippen molar-refractivity contribution in [1.29, 1.82) is 5.26 Å². The highest BCUT2D eigenvalue weighted by molar-refractivity contribution is 6.30. The molecular weight excluding hydrogens is 375 g/mol. The largest absolute Gasteiger partial charge is 0.495 e. The van der Waals surface area contributed by atoms with Gasteiger partial charge in [0.25, 0.3) is 0 Å². The van der Waals surface area contributed by atoms with Crippen LogP contribution in [-0.4, -0.2) is 12.1 Å². The Bertz CT molecular complexity index is 1230. The van der Waals surface area contributed by atoms with Crippen molar-refractivity contribution in [3.05, 3.63) is 83.3 Å². The highest BCUT2D eigenvalue weighted by Gasteiger charge is 2.17. The van der Waals surface area contributed by atoms with Crippen LogP contribution in [0.15, 0.2) is 66.9 Å². The van der Waals surface area contributed by atoms with Crippen LogP contribution in [0.2, 0.25) is 5.02 Å². The minimum atomic E-state index is -0.435. The molecule has 0 amide bonds. The van der Waals surface area contributed by atoms with Gasteiger partial charge in [0.15, 0.2) is 0 Å². The lowest BCUT2D eigenvalue weighted by atomic mass is 9.98. The molecule has 4 rings (SSSR count). The maximum atomic E-state index is 14.5. The topological polar surface area (TPSA) is 45.9 Å². The lowest BCUT2D eigenvalue weighted by molar-refractivity contribution is 0.421. The molecule has 0 fully saturated rings. The molecule has 1 aromatic heterocycles. The van der Waals surface area contributed by atoms with Gasteiger partial charge in [-0.25, -0.2) is 4.39 Å². The summed E-state index contributed by atoms with van der Waals surface area (Å²) in [5.41, 5.74) is 4.10. The first kappa shape index (κ1) is 18.0. The number of para-hydroxylation sites is 1. The van der Waals surface area contributed by atoms with Crippen molar-refractivity contribution < 1.29 is 9.13 Å². The average molecular weight is 389 g/mol. The van der Waals surface area contributed by atoms with Gasteiger partial charge in [0.1, 0.15) is 11.6 Å². The Morgan fingerprint density at radius 1 is 1.00 bits per heavy atom. The first-order chi connectivity index (χ1) is 13.6. The van der Waals surface area contributed by atoms with Crippen LogP contribution in [-0.2, 0) is 0 Å². The van der Waals surface area contributed by atoms with E-state index in [2.05, 4.69) is 11.1 Å². The van der Waals surface area contributed by atoms with Crippen molar-refractivity contribution in [3.63, 3.8) is 0 Å². The van der Waals surface area contributed by atoms with E-state index in [1.165, 1.54) is 6.07 Å². The number of rotatable bonds is 3. The van der Waals surface area contributed by atoms with Crippen LogP contribution in [0.25, 0.3) is 33.2 Å². The molecule has 0 aliphatic heterocycles. The molecular formula is C23H14ClFN2O. The number of hydrogen-bond donors (Lipinski definition) is 0. The van der Waals surface area contributed by atoms with Crippen molar-refractivity contribution in [2.45, 2.75) is 0 Å². The number of halogens is 2. The molecule has 28 heavy (non-hydrogen) atoms. The van der Waals surface area contributed by atoms with Gasteiger partial charge in [0, 0.05) is 33.3 Å². The first-order valence-electron chi connectivity index (χ1n) is 8.54. The van der Waals surface area contributed by atoms with Crippen molar-refractivity contribution >= 4 is 22.5 Å². The Labute approximate surface area is 166 Å². The second-order valence-electron chi connectivity index (χ2n) is 6.22. The van der Waals surface area contributed by atoms with Crippen LogP contribution in [0.1, 0.15) is 5.56 Å². The monoisotopic (exact) mass is 388 g/mol. The zero-order valence-electron chi connectivity index (χ0n) is 14.9. The van der Waals surface area contributed by atoms with E-state index in [-0.39, 0.29) is 0 Å². The molecule has 0 saturated heterocycles. The van der Waals surface area contributed by atoms with E-state index in [0.29, 0.717) is 27.5 Å². The highest BCUT2D eigenvalue weighted by atomic mass is 35.5. The molecule has 1 heterocycles. The molecule has 136 valence electrons. The summed E-state index contributed by atoms with van der Waals surface area (Å²) in [7, 11) is 1.56.